The van der Waals surface area contributed by atoms with E-state index in [2.05, 4.69) is 26.6 Å². The Hall–Kier alpha value is -2.09. The highest BCUT2D eigenvalue weighted by molar-refractivity contribution is 9.10. The van der Waals surface area contributed by atoms with Crippen LogP contribution in [0.5, 0.6) is 0 Å². The van der Waals surface area contributed by atoms with E-state index >= 15 is 0 Å². The number of aromatic carboxylic acids is 1. The molecule has 0 spiro atoms. The van der Waals surface area contributed by atoms with Gasteiger partial charge in [0.05, 0.1) is 5.56 Å². The Labute approximate surface area is 130 Å². The number of urea groups is 1. The number of hydrogen-bond donors (Lipinski definition) is 3. The van der Waals surface area contributed by atoms with Gasteiger partial charge in [0.15, 0.2) is 0 Å². The summed E-state index contributed by atoms with van der Waals surface area (Å²) in [6.45, 7) is 0.200. The van der Waals surface area contributed by atoms with Crippen molar-refractivity contribution in [1.82, 2.24) is 10.2 Å². The molecule has 3 N–H and O–H groups in total. The van der Waals surface area contributed by atoms with Gasteiger partial charge in [0.1, 0.15) is 0 Å². The first-order valence-electron chi connectivity index (χ1n) is 6.09. The van der Waals surface area contributed by atoms with Gasteiger partial charge in [-0.05, 0) is 34.1 Å². The summed E-state index contributed by atoms with van der Waals surface area (Å²) >= 11 is 3.12. The van der Waals surface area contributed by atoms with Crippen molar-refractivity contribution in [2.45, 2.75) is 6.42 Å². The van der Waals surface area contributed by atoms with Crippen molar-refractivity contribution in [1.29, 1.82) is 0 Å². The Morgan fingerprint density at radius 3 is 2.52 bits per heavy atom. The highest BCUT2D eigenvalue weighted by Gasteiger charge is 2.11. The molecular weight excluding hydrogens is 342 g/mol. The highest BCUT2D eigenvalue weighted by atomic mass is 79.9. The van der Waals surface area contributed by atoms with Crippen LogP contribution in [0.15, 0.2) is 22.7 Å². The molecule has 1 rings (SSSR count). The molecule has 0 aromatic heterocycles. The SMILES string of the molecule is CN(C)C(=O)CCNC(=O)Nc1ccc(Br)c(C(=O)O)c1. The third kappa shape index (κ3) is 5.42. The van der Waals surface area contributed by atoms with E-state index in [0.29, 0.717) is 10.2 Å². The maximum atomic E-state index is 11.6. The van der Waals surface area contributed by atoms with Crippen molar-refractivity contribution in [3.05, 3.63) is 28.2 Å². The zero-order chi connectivity index (χ0) is 16.0. The number of rotatable bonds is 5. The molecule has 8 heteroatoms. The van der Waals surface area contributed by atoms with E-state index < -0.39 is 12.0 Å². The topological polar surface area (TPSA) is 98.7 Å². The van der Waals surface area contributed by atoms with E-state index in [1.165, 1.54) is 17.0 Å². The molecule has 0 heterocycles. The monoisotopic (exact) mass is 357 g/mol. The summed E-state index contributed by atoms with van der Waals surface area (Å²) in [5, 5.41) is 14.0. The molecule has 7 nitrogen and oxygen atoms in total. The second-order valence-electron chi connectivity index (χ2n) is 4.42. The average Bonchev–Trinajstić information content (AvgIpc) is 2.40. The molecule has 1 aromatic carbocycles. The summed E-state index contributed by atoms with van der Waals surface area (Å²) in [4.78, 5) is 35.4. The molecule has 0 saturated carbocycles. The molecule has 0 fully saturated rings. The third-order valence-corrected chi connectivity index (χ3v) is 3.27. The Balaban J connectivity index is 2.54. The smallest absolute Gasteiger partial charge is 0.336 e. The standard InChI is InChI=1S/C13H16BrN3O4/c1-17(2)11(18)5-6-15-13(21)16-8-3-4-10(14)9(7-8)12(19)20/h3-4,7H,5-6H2,1-2H3,(H,19,20)(H2,15,16,21). The number of benzene rings is 1. The fourth-order valence-corrected chi connectivity index (χ4v) is 1.87. The number of nitrogens with zero attached hydrogens (tertiary/aromatic N) is 1. The molecule has 3 amide bonds. The number of carbonyl (C=O) groups is 3. The van der Waals surface area contributed by atoms with E-state index in [1.807, 2.05) is 0 Å². The third-order valence-electron chi connectivity index (χ3n) is 2.58. The second-order valence-corrected chi connectivity index (χ2v) is 5.27. The van der Waals surface area contributed by atoms with Gasteiger partial charge in [-0.3, -0.25) is 4.79 Å². The van der Waals surface area contributed by atoms with Crippen molar-refractivity contribution in [3.63, 3.8) is 0 Å². The number of amides is 3. The molecular formula is C13H16BrN3O4. The molecule has 0 bridgehead atoms. The quantitative estimate of drug-likeness (QED) is 0.747. The van der Waals surface area contributed by atoms with Gasteiger partial charge < -0.3 is 20.6 Å². The summed E-state index contributed by atoms with van der Waals surface area (Å²) in [6, 6.07) is 3.95. The predicted molar refractivity (Wildman–Crippen MR) is 81.4 cm³/mol. The van der Waals surface area contributed by atoms with Crippen LogP contribution in [-0.2, 0) is 4.79 Å². The maximum absolute atomic E-state index is 11.6. The van der Waals surface area contributed by atoms with Crippen molar-refractivity contribution in [2.75, 3.05) is 26.0 Å². The van der Waals surface area contributed by atoms with Crippen LogP contribution < -0.4 is 10.6 Å². The number of carboxylic acids is 1. The molecule has 1 aromatic rings. The van der Waals surface area contributed by atoms with Gasteiger partial charge >= 0.3 is 12.0 Å². The summed E-state index contributed by atoms with van der Waals surface area (Å²) in [5.41, 5.74) is 0.405. The van der Waals surface area contributed by atoms with E-state index in [9.17, 15) is 14.4 Å². The first kappa shape index (κ1) is 17.0. The molecule has 0 radical (unpaired) electrons. The summed E-state index contributed by atoms with van der Waals surface area (Å²) < 4.78 is 0.428. The van der Waals surface area contributed by atoms with Crippen molar-refractivity contribution in [3.8, 4) is 0 Å². The minimum atomic E-state index is -1.09. The van der Waals surface area contributed by atoms with Crippen LogP contribution in [0.4, 0.5) is 10.5 Å². The van der Waals surface area contributed by atoms with Gasteiger partial charge in [-0.1, -0.05) is 0 Å². The lowest BCUT2D eigenvalue weighted by Gasteiger charge is -2.11. The molecule has 21 heavy (non-hydrogen) atoms. The lowest BCUT2D eigenvalue weighted by Crippen LogP contribution is -2.33. The lowest BCUT2D eigenvalue weighted by atomic mass is 10.2. The number of halogens is 1. The minimum absolute atomic E-state index is 0.0515. The fourth-order valence-electron chi connectivity index (χ4n) is 1.45. The molecule has 0 atom stereocenters. The number of anilines is 1. The Morgan fingerprint density at radius 1 is 1.29 bits per heavy atom. The first-order valence-corrected chi connectivity index (χ1v) is 6.88. The summed E-state index contributed by atoms with van der Waals surface area (Å²) in [7, 11) is 3.27. The van der Waals surface area contributed by atoms with Crippen LogP contribution in [-0.4, -0.2) is 48.6 Å². The van der Waals surface area contributed by atoms with Gasteiger partial charge in [0, 0.05) is 37.2 Å². The van der Waals surface area contributed by atoms with Crippen LogP contribution >= 0.6 is 15.9 Å². The molecule has 0 unspecified atom stereocenters. The van der Waals surface area contributed by atoms with Gasteiger partial charge in [-0.25, -0.2) is 9.59 Å². The summed E-state index contributed by atoms with van der Waals surface area (Å²) in [6.07, 6.45) is 0.196. The highest BCUT2D eigenvalue weighted by Crippen LogP contribution is 2.21. The van der Waals surface area contributed by atoms with Crippen LogP contribution in [0.25, 0.3) is 0 Å². The van der Waals surface area contributed by atoms with Crippen LogP contribution in [0.2, 0.25) is 0 Å². The van der Waals surface area contributed by atoms with Crippen LogP contribution in [0.1, 0.15) is 16.8 Å². The molecule has 0 aliphatic heterocycles. The maximum Gasteiger partial charge on any atom is 0.336 e. The van der Waals surface area contributed by atoms with Gasteiger partial charge in [-0.2, -0.15) is 0 Å². The zero-order valence-corrected chi connectivity index (χ0v) is 13.2. The van der Waals surface area contributed by atoms with E-state index in [4.69, 9.17) is 5.11 Å². The first-order chi connectivity index (χ1) is 9.81. The fraction of sp³-hybridized carbons (Fsp3) is 0.308. The number of hydrogen-bond acceptors (Lipinski definition) is 3. The molecule has 114 valence electrons. The minimum Gasteiger partial charge on any atom is -0.478 e. The molecule has 0 saturated heterocycles. The van der Waals surface area contributed by atoms with Gasteiger partial charge in [0.25, 0.3) is 0 Å². The number of nitrogens with one attached hydrogen (secondary N) is 2. The zero-order valence-electron chi connectivity index (χ0n) is 11.6. The lowest BCUT2D eigenvalue weighted by molar-refractivity contribution is -0.128. The van der Waals surface area contributed by atoms with Crippen molar-refractivity contribution >= 4 is 39.5 Å². The van der Waals surface area contributed by atoms with E-state index in [-0.39, 0.29) is 24.4 Å². The normalized spacial score (nSPS) is 9.86. The number of carbonyl (C=O) groups excluding carboxylic acids is 2. The van der Waals surface area contributed by atoms with Crippen molar-refractivity contribution in [2.24, 2.45) is 0 Å². The number of carboxylic acid groups (broad SMARTS) is 1. The van der Waals surface area contributed by atoms with E-state index in [1.54, 1.807) is 20.2 Å². The Morgan fingerprint density at radius 2 is 1.95 bits per heavy atom. The summed E-state index contributed by atoms with van der Waals surface area (Å²) in [5.74, 6) is -1.19. The Bertz CT molecular complexity index is 560. The largest absolute Gasteiger partial charge is 0.478 e. The second kappa shape index (κ2) is 7.63. The van der Waals surface area contributed by atoms with Gasteiger partial charge in [-0.15, -0.1) is 0 Å². The van der Waals surface area contributed by atoms with E-state index in [0.717, 1.165) is 0 Å². The van der Waals surface area contributed by atoms with Gasteiger partial charge in [0.2, 0.25) is 5.91 Å². The molecule has 0 aliphatic rings. The van der Waals surface area contributed by atoms with Crippen molar-refractivity contribution < 1.29 is 19.5 Å². The average molecular weight is 358 g/mol. The van der Waals surface area contributed by atoms with Crippen LogP contribution in [0.3, 0.4) is 0 Å². The Kier molecular flexibility index (Phi) is 6.16. The molecule has 0 aliphatic carbocycles. The van der Waals surface area contributed by atoms with Crippen LogP contribution in [0, 0.1) is 0 Å². The predicted octanol–water partition coefficient (Wildman–Crippen LogP) is 1.75.